The van der Waals surface area contributed by atoms with Crippen molar-refractivity contribution in [2.75, 3.05) is 9.80 Å². The molecular weight excluding hydrogens is 1310 g/mol. The lowest BCUT2D eigenvalue weighted by Crippen LogP contribution is -2.63. The van der Waals surface area contributed by atoms with E-state index in [0.29, 0.717) is 0 Å². The minimum Gasteiger partial charge on any atom is -0.311 e. The zero-order chi connectivity index (χ0) is 70.7. The van der Waals surface area contributed by atoms with Crippen molar-refractivity contribution in [2.45, 2.75) is 16.2 Å². The third-order valence-corrected chi connectivity index (χ3v) is 26.6. The topological polar surface area (TPSA) is 11.4 Å². The minimum absolute atomic E-state index is 0.324. The van der Waals surface area contributed by atoms with Gasteiger partial charge in [0.05, 0.1) is 33.0 Å². The third-order valence-electron chi connectivity index (χ3n) is 26.6. The molecule has 0 N–H and O–H groups in total. The second-order valence-electron chi connectivity index (χ2n) is 31.0. The van der Waals surface area contributed by atoms with Gasteiger partial charge in [-0.25, -0.2) is 0 Å². The Morgan fingerprint density at radius 1 is 0.220 bits per heavy atom. The number of hydrogen-bond acceptors (Lipinski definition) is 2. The smallest absolute Gasteiger partial charge is 0.252 e. The average molecular weight is 1380 g/mol. The molecule has 3 spiro atoms. The predicted octanol–water partition coefficient (Wildman–Crippen LogP) is 23.6. The summed E-state index contributed by atoms with van der Waals surface area (Å²) in [5, 5.41) is 2.44. The molecule has 0 amide bonds. The van der Waals surface area contributed by atoms with E-state index in [1.54, 1.807) is 0 Å². The van der Waals surface area contributed by atoms with Crippen LogP contribution in [0.1, 0.15) is 66.8 Å². The molecule has 4 heteroatoms. The van der Waals surface area contributed by atoms with E-state index in [9.17, 15) is 0 Å². The van der Waals surface area contributed by atoms with Gasteiger partial charge in [0, 0.05) is 50.5 Å². The summed E-state index contributed by atoms with van der Waals surface area (Å²) >= 11 is 0. The summed E-state index contributed by atoms with van der Waals surface area (Å²) in [5.41, 5.74) is 45.8. The first-order chi connectivity index (χ1) is 54.1. The molecule has 18 aromatic rings. The highest BCUT2D eigenvalue weighted by atomic mass is 15.2. The second kappa shape index (κ2) is 20.8. The van der Waals surface area contributed by atoms with Gasteiger partial charge in [-0.2, -0.15) is 0 Å². The van der Waals surface area contributed by atoms with Gasteiger partial charge in [-0.3, -0.25) is 0 Å². The van der Waals surface area contributed by atoms with E-state index in [-0.39, 0.29) is 6.71 Å². The van der Waals surface area contributed by atoms with Crippen LogP contribution in [-0.4, -0.2) is 11.3 Å². The highest BCUT2D eigenvalue weighted by Gasteiger charge is 2.60. The maximum Gasteiger partial charge on any atom is 0.252 e. The monoisotopic (exact) mass is 1380 g/mol. The highest BCUT2D eigenvalue weighted by molar-refractivity contribution is 7.01. The molecule has 0 fully saturated rings. The summed E-state index contributed by atoms with van der Waals surface area (Å²) in [4.78, 5) is 5.50. The second-order valence-corrected chi connectivity index (χ2v) is 31.0. The predicted molar refractivity (Wildman–Crippen MR) is 449 cm³/mol. The zero-order valence-corrected chi connectivity index (χ0v) is 59.2. The van der Waals surface area contributed by atoms with Gasteiger partial charge in [0.15, 0.2) is 0 Å². The molecule has 6 aliphatic carbocycles. The van der Waals surface area contributed by atoms with Crippen molar-refractivity contribution in [3.8, 4) is 83.6 Å². The van der Waals surface area contributed by atoms with Crippen molar-refractivity contribution in [1.29, 1.82) is 0 Å². The maximum atomic E-state index is 2.81. The van der Waals surface area contributed by atoms with Crippen LogP contribution in [0.3, 0.4) is 0 Å². The van der Waals surface area contributed by atoms with Crippen LogP contribution in [0.25, 0.3) is 105 Å². The van der Waals surface area contributed by atoms with E-state index in [2.05, 4.69) is 390 Å². The Kier molecular flexibility index (Phi) is 11.2. The van der Waals surface area contributed by atoms with Crippen LogP contribution in [0, 0.1) is 0 Å². The number of nitrogens with zero attached hydrogens (tertiary/aromatic N) is 3. The van der Waals surface area contributed by atoms with Crippen LogP contribution in [0.15, 0.2) is 376 Å². The first-order valence-corrected chi connectivity index (χ1v) is 38.4. The summed E-state index contributed by atoms with van der Waals surface area (Å²) in [6, 6.07) is 146. The van der Waals surface area contributed by atoms with Crippen LogP contribution in [0.2, 0.25) is 0 Å². The van der Waals surface area contributed by atoms with Crippen LogP contribution in [-0.2, 0) is 16.2 Å². The van der Waals surface area contributed by atoms with E-state index in [1.165, 1.54) is 183 Å². The summed E-state index contributed by atoms with van der Waals surface area (Å²) in [6.45, 7) is -0.324. The molecule has 26 rings (SSSR count). The van der Waals surface area contributed by atoms with Crippen molar-refractivity contribution < 1.29 is 0 Å². The first kappa shape index (κ1) is 58.5. The first-order valence-electron chi connectivity index (χ1n) is 38.4. The molecule has 0 radical (unpaired) electrons. The van der Waals surface area contributed by atoms with Crippen LogP contribution in [0.4, 0.5) is 34.1 Å². The van der Waals surface area contributed by atoms with Crippen molar-refractivity contribution in [1.82, 2.24) is 4.57 Å². The lowest BCUT2D eigenvalue weighted by atomic mass is 9.31. The van der Waals surface area contributed by atoms with Gasteiger partial charge in [-0.15, -0.1) is 0 Å². The number of fused-ring (bicyclic) bond motifs is 39. The van der Waals surface area contributed by atoms with E-state index in [1.807, 2.05) is 0 Å². The molecule has 0 atom stereocenters. The Labute approximate surface area is 631 Å². The zero-order valence-electron chi connectivity index (χ0n) is 59.2. The quantitative estimate of drug-likeness (QED) is 0.163. The molecule has 17 aromatic carbocycles. The minimum atomic E-state index is -0.701. The number of rotatable bonds is 4. The standard InChI is InChI=1S/C105H62BN3/c1-2-26-63(27-3-1)64-50-52-65(53-51-64)107-95-59-56-79-75-35-11-22-46-88(75)105(86-44-20-9-32-72(86)73-33-10-21-45-87(73)105)99(79)101(95)106-92-58-57-90-98(80-38-12-23-47-89(80)103(90)81-39-15-4-28-68(81)69-29-5-16-40-82(69)103)102(92)109(97-62-67(61-96(107)100(97)106)108-93-48-24-13-36-77(93)78-37-14-25-49-94(78)108)66-54-55-76-74-34-8-19-43-85(74)104(91(76)60-66)83-41-17-6-30-70(83)71-31-7-18-42-84(71)104/h1-62H. The van der Waals surface area contributed by atoms with Gasteiger partial charge in [0.2, 0.25) is 0 Å². The number of aromatic nitrogens is 1. The summed E-state index contributed by atoms with van der Waals surface area (Å²) in [7, 11) is 0. The number of benzene rings is 17. The third kappa shape index (κ3) is 6.92. The normalized spacial score (nSPS) is 15.0. The Morgan fingerprint density at radius 2 is 0.596 bits per heavy atom. The van der Waals surface area contributed by atoms with Crippen molar-refractivity contribution in [2.24, 2.45) is 0 Å². The Balaban J connectivity index is 0.863. The molecule has 1 aromatic heterocycles. The van der Waals surface area contributed by atoms with Crippen LogP contribution in [0.5, 0.6) is 0 Å². The molecule has 0 unspecified atom stereocenters. The van der Waals surface area contributed by atoms with Crippen LogP contribution >= 0.6 is 0 Å². The Bertz CT molecular complexity index is 6930. The number of anilines is 6. The molecule has 0 saturated carbocycles. The Hall–Kier alpha value is -13.8. The van der Waals surface area contributed by atoms with Gasteiger partial charge in [-0.05, 0) is 210 Å². The summed E-state index contributed by atoms with van der Waals surface area (Å²) < 4.78 is 2.57. The van der Waals surface area contributed by atoms with E-state index >= 15 is 0 Å². The summed E-state index contributed by atoms with van der Waals surface area (Å²) in [5.74, 6) is 0. The largest absolute Gasteiger partial charge is 0.311 e. The van der Waals surface area contributed by atoms with Gasteiger partial charge in [0.1, 0.15) is 0 Å². The van der Waals surface area contributed by atoms with Crippen molar-refractivity contribution >= 4 is 79.0 Å². The molecule has 0 bridgehead atoms. The lowest BCUT2D eigenvalue weighted by molar-refractivity contribution is 0.793. The maximum absolute atomic E-state index is 2.81. The fraction of sp³-hybridized carbons (Fsp3) is 0.0286. The van der Waals surface area contributed by atoms with Crippen LogP contribution < -0.4 is 26.2 Å². The highest BCUT2D eigenvalue weighted by Crippen LogP contribution is 2.69. The SMILES string of the molecule is c1ccc(-c2ccc(N3c4cc(-n5c6ccccc6c6ccccc65)cc5c4B(c4ccc6c(c4N5c4ccc5c(c4)C4(c7ccccc7-c7ccccc74)c4ccccc4-5)-c4ccccc4C64c5ccccc5-c5ccccc54)c4c3ccc3c4C4(c5ccccc5-c5ccccc54)c4ccccc4-3)cc2)cc1. The molecule has 0 saturated heterocycles. The molecular formula is C105H62BN3. The fourth-order valence-electron chi connectivity index (χ4n) is 22.9. The van der Waals surface area contributed by atoms with Crippen molar-refractivity contribution in [3.63, 3.8) is 0 Å². The van der Waals surface area contributed by atoms with E-state index in [4.69, 9.17) is 0 Å². The summed E-state index contributed by atoms with van der Waals surface area (Å²) in [6.07, 6.45) is 0. The van der Waals surface area contributed by atoms with Gasteiger partial charge in [0.25, 0.3) is 6.71 Å². The van der Waals surface area contributed by atoms with Gasteiger partial charge in [-0.1, -0.05) is 322 Å². The van der Waals surface area contributed by atoms with Gasteiger partial charge < -0.3 is 14.4 Å². The molecule has 3 heterocycles. The van der Waals surface area contributed by atoms with E-state index < -0.39 is 16.2 Å². The van der Waals surface area contributed by atoms with E-state index in [0.717, 1.165) is 39.5 Å². The average Bonchev–Trinajstić information content (AvgIpc) is 1.51. The molecule has 2 aliphatic heterocycles. The molecule has 109 heavy (non-hydrogen) atoms. The molecule has 3 nitrogen and oxygen atoms in total. The van der Waals surface area contributed by atoms with Crippen molar-refractivity contribution in [3.05, 3.63) is 443 Å². The molecule has 8 aliphatic rings. The number of para-hydroxylation sites is 2. The Morgan fingerprint density at radius 3 is 1.10 bits per heavy atom. The fourth-order valence-corrected chi connectivity index (χ4v) is 22.9. The number of hydrogen-bond donors (Lipinski definition) is 0. The van der Waals surface area contributed by atoms with Gasteiger partial charge >= 0.3 is 0 Å². The lowest BCUT2D eigenvalue weighted by Gasteiger charge is -2.47. The molecule has 500 valence electrons.